The molecule has 1 aromatic carbocycles. The lowest BCUT2D eigenvalue weighted by Crippen LogP contribution is -2.42. The minimum atomic E-state index is -4.40. The lowest BCUT2D eigenvalue weighted by molar-refractivity contribution is -0.137. The van der Waals surface area contributed by atoms with Crippen LogP contribution in [0.25, 0.3) is 0 Å². The van der Waals surface area contributed by atoms with Crippen LogP contribution in [0.2, 0.25) is 0 Å². The molecule has 1 saturated heterocycles. The fourth-order valence-corrected chi connectivity index (χ4v) is 2.12. The van der Waals surface area contributed by atoms with Crippen LogP contribution in [-0.2, 0) is 6.18 Å². The number of halogens is 3. The van der Waals surface area contributed by atoms with E-state index in [1.54, 1.807) is 0 Å². The van der Waals surface area contributed by atoms with Crippen LogP contribution in [0.1, 0.15) is 28.8 Å². The molecular formula is C13H14F3NO2. The van der Waals surface area contributed by atoms with Crippen molar-refractivity contribution in [1.82, 2.24) is 4.90 Å². The summed E-state index contributed by atoms with van der Waals surface area (Å²) in [5, 5.41) is 9.48. The minimum absolute atomic E-state index is 0.210. The number of aliphatic hydroxyl groups excluding tert-OH is 1. The molecule has 1 aliphatic rings. The summed E-state index contributed by atoms with van der Waals surface area (Å²) < 4.78 is 37.2. The van der Waals surface area contributed by atoms with E-state index < -0.39 is 17.8 Å². The Hall–Kier alpha value is -1.56. The third-order valence-corrected chi connectivity index (χ3v) is 3.14. The molecule has 2 rings (SSSR count). The first-order chi connectivity index (χ1) is 8.88. The van der Waals surface area contributed by atoms with Crippen molar-refractivity contribution >= 4 is 5.91 Å². The van der Waals surface area contributed by atoms with E-state index in [2.05, 4.69) is 0 Å². The van der Waals surface area contributed by atoms with Gasteiger partial charge in [0, 0.05) is 18.7 Å². The number of hydrogen-bond acceptors (Lipinski definition) is 2. The molecular weight excluding hydrogens is 259 g/mol. The summed E-state index contributed by atoms with van der Waals surface area (Å²) in [6.07, 6.45) is -3.60. The molecule has 0 aliphatic carbocycles. The Morgan fingerprint density at radius 2 is 1.89 bits per heavy atom. The molecule has 1 fully saturated rings. The topological polar surface area (TPSA) is 40.5 Å². The number of aliphatic hydroxyl groups is 1. The van der Waals surface area contributed by atoms with Gasteiger partial charge in [-0.25, -0.2) is 0 Å². The van der Waals surface area contributed by atoms with Crippen LogP contribution in [0.4, 0.5) is 13.2 Å². The summed E-state index contributed by atoms with van der Waals surface area (Å²) in [5.74, 6) is -0.340. The van der Waals surface area contributed by atoms with Gasteiger partial charge in [0.25, 0.3) is 5.91 Å². The zero-order valence-electron chi connectivity index (χ0n) is 10.2. The Labute approximate surface area is 108 Å². The summed E-state index contributed by atoms with van der Waals surface area (Å²) in [4.78, 5) is 13.5. The third-order valence-electron chi connectivity index (χ3n) is 3.14. The summed E-state index contributed by atoms with van der Waals surface area (Å²) >= 11 is 0. The average Bonchev–Trinajstić information content (AvgIpc) is 2.37. The summed E-state index contributed by atoms with van der Waals surface area (Å²) in [5.41, 5.74) is -0.565. The fourth-order valence-electron chi connectivity index (χ4n) is 2.12. The van der Waals surface area contributed by atoms with E-state index in [4.69, 9.17) is 0 Å². The first kappa shape index (κ1) is 13.9. The molecule has 0 saturated carbocycles. The molecule has 3 nitrogen and oxygen atoms in total. The second-order valence-electron chi connectivity index (χ2n) is 4.62. The highest BCUT2D eigenvalue weighted by Gasteiger charge is 2.30. The number of nitrogens with zero attached hydrogens (tertiary/aromatic N) is 1. The Kier molecular flexibility index (Phi) is 3.80. The minimum Gasteiger partial charge on any atom is -0.391 e. The normalized spacial score (nSPS) is 20.4. The van der Waals surface area contributed by atoms with Crippen molar-refractivity contribution in [2.75, 3.05) is 13.1 Å². The maximum atomic E-state index is 12.4. The van der Waals surface area contributed by atoms with Crippen LogP contribution in [0.3, 0.4) is 0 Å². The fraction of sp³-hybridized carbons (Fsp3) is 0.462. The standard InChI is InChI=1S/C13H14F3NO2/c14-13(15,16)10-5-3-9(4-6-10)12(19)17-7-1-2-11(18)8-17/h3-6,11,18H,1-2,7-8H2/t11-/m0/s1. The van der Waals surface area contributed by atoms with Gasteiger partial charge >= 0.3 is 6.18 Å². The van der Waals surface area contributed by atoms with Gasteiger partial charge in [0.2, 0.25) is 0 Å². The summed E-state index contributed by atoms with van der Waals surface area (Å²) in [6, 6.07) is 4.14. The molecule has 1 atom stereocenters. The van der Waals surface area contributed by atoms with Crippen molar-refractivity contribution in [2.24, 2.45) is 0 Å². The number of carbonyl (C=O) groups excluding carboxylic acids is 1. The molecule has 1 aromatic rings. The predicted octanol–water partition coefficient (Wildman–Crippen LogP) is 2.30. The van der Waals surface area contributed by atoms with Crippen molar-refractivity contribution in [3.8, 4) is 0 Å². The largest absolute Gasteiger partial charge is 0.416 e. The van der Waals surface area contributed by atoms with Crippen LogP contribution < -0.4 is 0 Å². The van der Waals surface area contributed by atoms with E-state index in [9.17, 15) is 23.1 Å². The lowest BCUT2D eigenvalue weighted by atomic mass is 10.1. The van der Waals surface area contributed by atoms with E-state index >= 15 is 0 Å². The first-order valence-electron chi connectivity index (χ1n) is 6.02. The molecule has 1 N–H and O–H groups in total. The molecule has 0 bridgehead atoms. The van der Waals surface area contributed by atoms with Crippen molar-refractivity contribution in [3.05, 3.63) is 35.4 Å². The van der Waals surface area contributed by atoms with E-state index in [1.165, 1.54) is 17.0 Å². The van der Waals surface area contributed by atoms with Gasteiger partial charge in [-0.3, -0.25) is 4.79 Å². The smallest absolute Gasteiger partial charge is 0.391 e. The Morgan fingerprint density at radius 1 is 1.26 bits per heavy atom. The highest BCUT2D eigenvalue weighted by atomic mass is 19.4. The summed E-state index contributed by atoms with van der Waals surface area (Å²) in [6.45, 7) is 0.761. The Bertz CT molecular complexity index is 456. The predicted molar refractivity (Wildman–Crippen MR) is 62.6 cm³/mol. The van der Waals surface area contributed by atoms with Gasteiger partial charge in [-0.15, -0.1) is 0 Å². The summed E-state index contributed by atoms with van der Waals surface area (Å²) in [7, 11) is 0. The quantitative estimate of drug-likeness (QED) is 0.853. The van der Waals surface area contributed by atoms with Crippen molar-refractivity contribution in [1.29, 1.82) is 0 Å². The Morgan fingerprint density at radius 3 is 2.42 bits per heavy atom. The van der Waals surface area contributed by atoms with E-state index in [-0.39, 0.29) is 18.0 Å². The molecule has 0 aromatic heterocycles. The number of amides is 1. The maximum Gasteiger partial charge on any atom is 0.416 e. The number of alkyl halides is 3. The molecule has 0 spiro atoms. The van der Waals surface area contributed by atoms with Gasteiger partial charge in [-0.1, -0.05) is 0 Å². The zero-order valence-corrected chi connectivity index (χ0v) is 10.2. The van der Waals surface area contributed by atoms with Gasteiger partial charge in [-0.05, 0) is 37.1 Å². The average molecular weight is 273 g/mol. The van der Waals surface area contributed by atoms with Crippen LogP contribution in [-0.4, -0.2) is 35.1 Å². The number of carbonyl (C=O) groups is 1. The molecule has 1 heterocycles. The first-order valence-corrected chi connectivity index (χ1v) is 6.02. The third kappa shape index (κ3) is 3.26. The number of likely N-dealkylation sites (tertiary alicyclic amines) is 1. The zero-order chi connectivity index (χ0) is 14.0. The number of benzene rings is 1. The van der Waals surface area contributed by atoms with Gasteiger partial charge in [0.15, 0.2) is 0 Å². The highest BCUT2D eigenvalue weighted by Crippen LogP contribution is 2.29. The second-order valence-corrected chi connectivity index (χ2v) is 4.62. The molecule has 6 heteroatoms. The van der Waals surface area contributed by atoms with Crippen LogP contribution in [0.5, 0.6) is 0 Å². The molecule has 19 heavy (non-hydrogen) atoms. The van der Waals surface area contributed by atoms with Crippen molar-refractivity contribution in [3.63, 3.8) is 0 Å². The Balaban J connectivity index is 2.11. The van der Waals surface area contributed by atoms with Crippen molar-refractivity contribution in [2.45, 2.75) is 25.1 Å². The SMILES string of the molecule is O=C(c1ccc(C(F)(F)F)cc1)N1CCC[C@H](O)C1. The van der Waals surface area contributed by atoms with Crippen LogP contribution in [0.15, 0.2) is 24.3 Å². The maximum absolute atomic E-state index is 12.4. The van der Waals surface area contributed by atoms with Gasteiger partial charge in [-0.2, -0.15) is 13.2 Å². The van der Waals surface area contributed by atoms with E-state index in [1.807, 2.05) is 0 Å². The van der Waals surface area contributed by atoms with Crippen LogP contribution in [0, 0.1) is 0 Å². The lowest BCUT2D eigenvalue weighted by Gasteiger charge is -2.30. The molecule has 104 valence electrons. The van der Waals surface area contributed by atoms with Gasteiger partial charge in [0.1, 0.15) is 0 Å². The van der Waals surface area contributed by atoms with Gasteiger partial charge in [0.05, 0.1) is 11.7 Å². The monoisotopic (exact) mass is 273 g/mol. The number of piperidine rings is 1. The molecule has 1 amide bonds. The number of hydrogen-bond donors (Lipinski definition) is 1. The van der Waals surface area contributed by atoms with Crippen molar-refractivity contribution < 1.29 is 23.1 Å². The van der Waals surface area contributed by atoms with E-state index in [0.717, 1.165) is 12.1 Å². The van der Waals surface area contributed by atoms with Gasteiger partial charge < -0.3 is 10.0 Å². The second kappa shape index (κ2) is 5.21. The molecule has 0 unspecified atom stereocenters. The highest BCUT2D eigenvalue weighted by molar-refractivity contribution is 5.94. The van der Waals surface area contributed by atoms with Crippen LogP contribution >= 0.6 is 0 Å². The molecule has 1 aliphatic heterocycles. The molecule has 0 radical (unpaired) electrons. The number of β-amino-alcohol motifs (C(OH)–C–C–N with tert-alkyl or cyclic N) is 1. The van der Waals surface area contributed by atoms with E-state index in [0.29, 0.717) is 19.4 Å². The number of rotatable bonds is 1.